The van der Waals surface area contributed by atoms with E-state index in [0.29, 0.717) is 0 Å². The fourth-order valence-electron chi connectivity index (χ4n) is 3.45. The van der Waals surface area contributed by atoms with E-state index in [1.165, 1.54) is 71.0 Å². The molecule has 2 atom stereocenters. The van der Waals surface area contributed by atoms with Gasteiger partial charge in [0.1, 0.15) is 0 Å². The van der Waals surface area contributed by atoms with Gasteiger partial charge in [-0.25, -0.2) is 0 Å². The van der Waals surface area contributed by atoms with E-state index in [2.05, 4.69) is 11.8 Å². The molecular weight excluding hydrogens is 182 g/mol. The van der Waals surface area contributed by atoms with Gasteiger partial charge in [0.2, 0.25) is 0 Å². The average Bonchev–Trinajstić information content (AvgIpc) is 2.67. The second-order valence-corrected chi connectivity index (χ2v) is 5.62. The second-order valence-electron chi connectivity index (χ2n) is 5.62. The zero-order chi connectivity index (χ0) is 10.5. The van der Waals surface area contributed by atoms with Crippen molar-refractivity contribution in [2.45, 2.75) is 58.3 Å². The number of rotatable bonds is 5. The van der Waals surface area contributed by atoms with Crippen LogP contribution in [0.15, 0.2) is 0 Å². The molecule has 0 bridgehead atoms. The maximum atomic E-state index is 2.75. The molecular formula is C14H27N. The summed E-state index contributed by atoms with van der Waals surface area (Å²) in [5, 5.41) is 0. The maximum absolute atomic E-state index is 2.75. The highest BCUT2D eigenvalue weighted by atomic mass is 15.1. The zero-order valence-electron chi connectivity index (χ0n) is 10.4. The third-order valence-electron chi connectivity index (χ3n) is 4.38. The molecule has 1 heterocycles. The van der Waals surface area contributed by atoms with Gasteiger partial charge in [0.25, 0.3) is 0 Å². The number of fused-ring (bicyclic) bond motifs is 1. The van der Waals surface area contributed by atoms with E-state index in [1.54, 1.807) is 0 Å². The quantitative estimate of drug-likeness (QED) is 0.624. The fourth-order valence-corrected chi connectivity index (χ4v) is 3.45. The summed E-state index contributed by atoms with van der Waals surface area (Å²) in [7, 11) is 0. The van der Waals surface area contributed by atoms with Crippen LogP contribution in [0, 0.1) is 11.8 Å². The molecule has 0 radical (unpaired) electrons. The standard InChI is InChI=1S/C14H27N/c1-2-3-4-7-10-15-11-13-8-5-6-9-14(13)12-15/h13-14H,2-12H2,1H3/t13-,14-/m1/s1. The molecule has 0 aromatic carbocycles. The molecule has 0 aromatic heterocycles. The minimum Gasteiger partial charge on any atom is -0.303 e. The lowest BCUT2D eigenvalue weighted by Crippen LogP contribution is -2.22. The molecule has 1 heteroatoms. The van der Waals surface area contributed by atoms with Crippen LogP contribution in [0.4, 0.5) is 0 Å². The molecule has 15 heavy (non-hydrogen) atoms. The van der Waals surface area contributed by atoms with Crippen molar-refractivity contribution in [3.63, 3.8) is 0 Å². The molecule has 2 fully saturated rings. The minimum absolute atomic E-state index is 1.07. The number of hydrogen-bond acceptors (Lipinski definition) is 1. The average molecular weight is 209 g/mol. The molecule has 2 aliphatic rings. The first-order chi connectivity index (χ1) is 7.40. The summed E-state index contributed by atoms with van der Waals surface area (Å²) < 4.78 is 0. The lowest BCUT2D eigenvalue weighted by atomic mass is 9.82. The largest absolute Gasteiger partial charge is 0.303 e. The first kappa shape index (κ1) is 11.4. The summed E-state index contributed by atoms with van der Waals surface area (Å²) in [5.74, 6) is 2.15. The Morgan fingerprint density at radius 2 is 1.60 bits per heavy atom. The first-order valence-electron chi connectivity index (χ1n) is 7.12. The molecule has 1 saturated carbocycles. The minimum atomic E-state index is 1.07. The van der Waals surface area contributed by atoms with Crippen molar-refractivity contribution in [3.8, 4) is 0 Å². The van der Waals surface area contributed by atoms with Crippen molar-refractivity contribution in [2.75, 3.05) is 19.6 Å². The molecule has 0 N–H and O–H groups in total. The third kappa shape index (κ3) is 3.21. The lowest BCUT2D eigenvalue weighted by Gasteiger charge is -2.23. The van der Waals surface area contributed by atoms with Crippen LogP contribution >= 0.6 is 0 Å². The zero-order valence-corrected chi connectivity index (χ0v) is 10.4. The van der Waals surface area contributed by atoms with Gasteiger partial charge in [-0.2, -0.15) is 0 Å². The maximum Gasteiger partial charge on any atom is 0.00129 e. The van der Waals surface area contributed by atoms with Gasteiger partial charge in [0.05, 0.1) is 0 Å². The predicted octanol–water partition coefficient (Wildman–Crippen LogP) is 3.69. The fraction of sp³-hybridized carbons (Fsp3) is 1.00. The van der Waals surface area contributed by atoms with Crippen molar-refractivity contribution >= 4 is 0 Å². The molecule has 1 aliphatic carbocycles. The highest BCUT2D eigenvalue weighted by molar-refractivity contribution is 4.86. The van der Waals surface area contributed by atoms with E-state index in [1.807, 2.05) is 0 Å². The van der Waals surface area contributed by atoms with E-state index >= 15 is 0 Å². The summed E-state index contributed by atoms with van der Waals surface area (Å²) in [6.45, 7) is 6.53. The summed E-state index contributed by atoms with van der Waals surface area (Å²) >= 11 is 0. The van der Waals surface area contributed by atoms with Gasteiger partial charge in [-0.15, -0.1) is 0 Å². The Bertz CT molecular complexity index is 164. The Labute approximate surface area is 95.2 Å². The van der Waals surface area contributed by atoms with E-state index in [-0.39, 0.29) is 0 Å². The molecule has 0 unspecified atom stereocenters. The Kier molecular flexibility index (Phi) is 4.49. The molecule has 2 rings (SSSR count). The van der Waals surface area contributed by atoms with Crippen LogP contribution in [0.3, 0.4) is 0 Å². The molecule has 0 aromatic rings. The predicted molar refractivity (Wildman–Crippen MR) is 66.0 cm³/mol. The van der Waals surface area contributed by atoms with Gasteiger partial charge in [0, 0.05) is 13.1 Å². The molecule has 1 nitrogen and oxygen atoms in total. The summed E-state index contributed by atoms with van der Waals surface area (Å²) in [5.41, 5.74) is 0. The topological polar surface area (TPSA) is 3.24 Å². The molecule has 1 saturated heterocycles. The van der Waals surface area contributed by atoms with Gasteiger partial charge in [-0.05, 0) is 37.6 Å². The monoisotopic (exact) mass is 209 g/mol. The van der Waals surface area contributed by atoms with E-state index in [4.69, 9.17) is 0 Å². The van der Waals surface area contributed by atoms with E-state index < -0.39 is 0 Å². The van der Waals surface area contributed by atoms with Crippen molar-refractivity contribution < 1.29 is 0 Å². The van der Waals surface area contributed by atoms with E-state index in [0.717, 1.165) is 11.8 Å². The Balaban J connectivity index is 1.63. The van der Waals surface area contributed by atoms with Crippen LogP contribution < -0.4 is 0 Å². The SMILES string of the molecule is CCCCCCN1C[C@H]2CCCC[C@@H]2C1. The summed E-state index contributed by atoms with van der Waals surface area (Å²) in [6.07, 6.45) is 11.7. The van der Waals surface area contributed by atoms with Crippen molar-refractivity contribution in [1.82, 2.24) is 4.90 Å². The number of unbranched alkanes of at least 4 members (excludes halogenated alkanes) is 3. The molecule has 88 valence electrons. The Hall–Kier alpha value is -0.0400. The van der Waals surface area contributed by atoms with Crippen LogP contribution in [-0.2, 0) is 0 Å². The van der Waals surface area contributed by atoms with Crippen molar-refractivity contribution in [2.24, 2.45) is 11.8 Å². The van der Waals surface area contributed by atoms with Crippen LogP contribution in [0.5, 0.6) is 0 Å². The first-order valence-corrected chi connectivity index (χ1v) is 7.12. The summed E-state index contributed by atoms with van der Waals surface area (Å²) in [4.78, 5) is 2.75. The number of likely N-dealkylation sites (tertiary alicyclic amines) is 1. The van der Waals surface area contributed by atoms with Gasteiger partial charge in [0.15, 0.2) is 0 Å². The normalized spacial score (nSPS) is 31.8. The van der Waals surface area contributed by atoms with Crippen molar-refractivity contribution in [3.05, 3.63) is 0 Å². The van der Waals surface area contributed by atoms with Crippen LogP contribution in [0.25, 0.3) is 0 Å². The highest BCUT2D eigenvalue weighted by Crippen LogP contribution is 2.35. The summed E-state index contributed by atoms with van der Waals surface area (Å²) in [6, 6.07) is 0. The lowest BCUT2D eigenvalue weighted by molar-refractivity contribution is 0.299. The highest BCUT2D eigenvalue weighted by Gasteiger charge is 2.33. The van der Waals surface area contributed by atoms with Crippen LogP contribution in [-0.4, -0.2) is 24.5 Å². The smallest absolute Gasteiger partial charge is 0.00129 e. The van der Waals surface area contributed by atoms with Crippen molar-refractivity contribution in [1.29, 1.82) is 0 Å². The molecule has 0 amide bonds. The Morgan fingerprint density at radius 3 is 2.20 bits per heavy atom. The third-order valence-corrected chi connectivity index (χ3v) is 4.38. The van der Waals surface area contributed by atoms with Crippen LogP contribution in [0.2, 0.25) is 0 Å². The molecule has 1 aliphatic heterocycles. The molecule has 0 spiro atoms. The Morgan fingerprint density at radius 1 is 0.933 bits per heavy atom. The number of hydrogen-bond donors (Lipinski definition) is 0. The van der Waals surface area contributed by atoms with Gasteiger partial charge in [-0.1, -0.05) is 39.0 Å². The van der Waals surface area contributed by atoms with Gasteiger partial charge < -0.3 is 4.90 Å². The van der Waals surface area contributed by atoms with Gasteiger partial charge in [-0.3, -0.25) is 0 Å². The van der Waals surface area contributed by atoms with E-state index in [9.17, 15) is 0 Å². The van der Waals surface area contributed by atoms with Crippen LogP contribution in [0.1, 0.15) is 58.3 Å². The second kappa shape index (κ2) is 5.89. The van der Waals surface area contributed by atoms with Gasteiger partial charge >= 0.3 is 0 Å². The number of nitrogens with zero attached hydrogens (tertiary/aromatic N) is 1.